The number of aromatic nitrogens is 2. The van der Waals surface area contributed by atoms with Gasteiger partial charge >= 0.3 is 0 Å². The third kappa shape index (κ3) is 3.52. The first-order chi connectivity index (χ1) is 13.0. The number of pyridine rings is 1. The summed E-state index contributed by atoms with van der Waals surface area (Å²) in [4.78, 5) is 21.1. The molecule has 0 aliphatic heterocycles. The second kappa shape index (κ2) is 7.02. The van der Waals surface area contributed by atoms with Gasteiger partial charge in [-0.3, -0.25) is 4.79 Å². The number of hydrogen-bond donors (Lipinski definition) is 1. The van der Waals surface area contributed by atoms with Crippen molar-refractivity contribution in [2.24, 2.45) is 0 Å². The molecule has 1 amide bonds. The van der Waals surface area contributed by atoms with Gasteiger partial charge in [-0.15, -0.1) is 0 Å². The van der Waals surface area contributed by atoms with E-state index < -0.39 is 0 Å². The fourth-order valence-electron chi connectivity index (χ4n) is 2.69. The number of carbonyl (C=O) groups is 1. The molecular formula is C20H13Cl2N3O2. The van der Waals surface area contributed by atoms with Crippen molar-refractivity contribution in [2.75, 3.05) is 5.32 Å². The van der Waals surface area contributed by atoms with Crippen molar-refractivity contribution >= 4 is 46.0 Å². The molecule has 2 heterocycles. The molecule has 4 rings (SSSR count). The number of hydrogen-bond acceptors (Lipinski definition) is 4. The summed E-state index contributed by atoms with van der Waals surface area (Å²) in [7, 11) is 0. The molecule has 0 aliphatic rings. The molecule has 2 aromatic heterocycles. The molecule has 0 unspecified atom stereocenters. The third-order valence-electron chi connectivity index (χ3n) is 4.06. The van der Waals surface area contributed by atoms with Gasteiger partial charge in [-0.1, -0.05) is 23.2 Å². The molecule has 0 radical (unpaired) electrons. The van der Waals surface area contributed by atoms with E-state index in [4.69, 9.17) is 27.6 Å². The molecule has 0 aliphatic carbocycles. The highest BCUT2D eigenvalue weighted by Gasteiger charge is 2.14. The summed E-state index contributed by atoms with van der Waals surface area (Å²) in [6, 6.07) is 13.9. The van der Waals surface area contributed by atoms with E-state index in [1.165, 1.54) is 6.07 Å². The van der Waals surface area contributed by atoms with E-state index in [1.54, 1.807) is 30.5 Å². The Labute approximate surface area is 165 Å². The van der Waals surface area contributed by atoms with Gasteiger partial charge in [0.25, 0.3) is 5.91 Å². The Morgan fingerprint density at radius 2 is 1.96 bits per heavy atom. The van der Waals surface area contributed by atoms with Crippen LogP contribution in [-0.4, -0.2) is 15.9 Å². The molecule has 7 heteroatoms. The van der Waals surface area contributed by atoms with E-state index in [0.717, 1.165) is 11.1 Å². The Morgan fingerprint density at radius 3 is 2.70 bits per heavy atom. The van der Waals surface area contributed by atoms with E-state index in [9.17, 15) is 4.79 Å². The fraction of sp³-hybridized carbons (Fsp3) is 0.0500. The summed E-state index contributed by atoms with van der Waals surface area (Å²) in [6.45, 7) is 1.89. The zero-order chi connectivity index (χ0) is 19.0. The predicted molar refractivity (Wildman–Crippen MR) is 106 cm³/mol. The maximum absolute atomic E-state index is 12.5. The lowest BCUT2D eigenvalue weighted by Gasteiger charge is -2.10. The van der Waals surface area contributed by atoms with Crippen LogP contribution < -0.4 is 5.32 Å². The highest BCUT2D eigenvalue weighted by Crippen LogP contribution is 2.28. The SMILES string of the molecule is Cc1cc(-c2nc3ncccc3o2)ccc1NC(=O)c1ccc(Cl)cc1Cl. The van der Waals surface area contributed by atoms with Gasteiger partial charge in [-0.25, -0.2) is 4.98 Å². The van der Waals surface area contributed by atoms with Gasteiger partial charge in [0.2, 0.25) is 5.89 Å². The van der Waals surface area contributed by atoms with E-state index in [1.807, 2.05) is 25.1 Å². The number of rotatable bonds is 3. The first-order valence-electron chi connectivity index (χ1n) is 8.10. The van der Waals surface area contributed by atoms with Gasteiger partial charge in [0.15, 0.2) is 11.2 Å². The summed E-state index contributed by atoms with van der Waals surface area (Å²) in [5, 5.41) is 3.64. The van der Waals surface area contributed by atoms with Crippen molar-refractivity contribution in [3.8, 4) is 11.5 Å². The lowest BCUT2D eigenvalue weighted by atomic mass is 10.1. The number of benzene rings is 2. The molecule has 0 saturated heterocycles. The Bertz CT molecular complexity index is 1140. The first-order valence-corrected chi connectivity index (χ1v) is 8.86. The van der Waals surface area contributed by atoms with Gasteiger partial charge in [-0.05, 0) is 61.0 Å². The zero-order valence-electron chi connectivity index (χ0n) is 14.2. The molecule has 0 bridgehead atoms. The average Bonchev–Trinajstić information content (AvgIpc) is 3.07. The number of carbonyl (C=O) groups excluding carboxylic acids is 1. The van der Waals surface area contributed by atoms with Crippen molar-refractivity contribution in [3.63, 3.8) is 0 Å². The molecular weight excluding hydrogens is 385 g/mol. The number of anilines is 1. The average molecular weight is 398 g/mol. The van der Waals surface area contributed by atoms with Crippen molar-refractivity contribution in [1.29, 1.82) is 0 Å². The van der Waals surface area contributed by atoms with Crippen molar-refractivity contribution in [3.05, 3.63) is 75.9 Å². The van der Waals surface area contributed by atoms with Crippen LogP contribution in [0.1, 0.15) is 15.9 Å². The molecule has 4 aromatic rings. The van der Waals surface area contributed by atoms with Crippen molar-refractivity contribution in [1.82, 2.24) is 9.97 Å². The van der Waals surface area contributed by atoms with Gasteiger partial charge in [0.1, 0.15) is 0 Å². The molecule has 0 atom stereocenters. The Balaban J connectivity index is 1.60. The summed E-state index contributed by atoms with van der Waals surface area (Å²) < 4.78 is 5.74. The first kappa shape index (κ1) is 17.5. The number of fused-ring (bicyclic) bond motifs is 1. The van der Waals surface area contributed by atoms with Crippen LogP contribution in [-0.2, 0) is 0 Å². The standard InChI is InChI=1S/C20H13Cl2N3O2/c1-11-9-12(20-25-18-17(27-20)3-2-8-23-18)4-7-16(11)24-19(26)14-6-5-13(21)10-15(14)22/h2-10H,1H3,(H,24,26). The van der Waals surface area contributed by atoms with E-state index in [-0.39, 0.29) is 5.91 Å². The zero-order valence-corrected chi connectivity index (χ0v) is 15.7. The predicted octanol–water partition coefficient (Wildman–Crippen LogP) is 5.76. The maximum atomic E-state index is 12.5. The molecule has 134 valence electrons. The summed E-state index contributed by atoms with van der Waals surface area (Å²) >= 11 is 12.0. The smallest absolute Gasteiger partial charge is 0.257 e. The van der Waals surface area contributed by atoms with E-state index in [2.05, 4.69) is 15.3 Å². The second-order valence-corrected chi connectivity index (χ2v) is 6.80. The number of aryl methyl sites for hydroxylation is 1. The Hall–Kier alpha value is -2.89. The van der Waals surface area contributed by atoms with E-state index >= 15 is 0 Å². The van der Waals surface area contributed by atoms with Crippen LogP contribution in [0.4, 0.5) is 5.69 Å². The minimum Gasteiger partial charge on any atom is -0.434 e. The summed E-state index contributed by atoms with van der Waals surface area (Å²) in [6.07, 6.45) is 1.67. The Morgan fingerprint density at radius 1 is 1.11 bits per heavy atom. The molecule has 27 heavy (non-hydrogen) atoms. The lowest BCUT2D eigenvalue weighted by Crippen LogP contribution is -2.13. The number of nitrogens with zero attached hydrogens (tertiary/aromatic N) is 2. The number of oxazole rings is 1. The normalized spacial score (nSPS) is 10.9. The molecule has 0 saturated carbocycles. The lowest BCUT2D eigenvalue weighted by molar-refractivity contribution is 0.102. The molecule has 1 N–H and O–H groups in total. The van der Waals surface area contributed by atoms with Crippen LogP contribution in [0.2, 0.25) is 10.0 Å². The van der Waals surface area contributed by atoms with Crippen molar-refractivity contribution in [2.45, 2.75) is 6.92 Å². The monoisotopic (exact) mass is 397 g/mol. The van der Waals surface area contributed by atoms with Gasteiger partial charge in [-0.2, -0.15) is 4.98 Å². The number of nitrogens with one attached hydrogen (secondary N) is 1. The van der Waals surface area contributed by atoms with E-state index in [0.29, 0.717) is 38.4 Å². The molecule has 5 nitrogen and oxygen atoms in total. The maximum Gasteiger partial charge on any atom is 0.257 e. The van der Waals surface area contributed by atoms with Crippen LogP contribution in [0.5, 0.6) is 0 Å². The van der Waals surface area contributed by atoms with Gasteiger partial charge in [0.05, 0.1) is 10.6 Å². The molecule has 0 fully saturated rings. The van der Waals surface area contributed by atoms with Gasteiger partial charge < -0.3 is 9.73 Å². The van der Waals surface area contributed by atoms with Crippen LogP contribution >= 0.6 is 23.2 Å². The molecule has 2 aromatic carbocycles. The number of amides is 1. The minimum atomic E-state index is -0.307. The van der Waals surface area contributed by atoms with Crippen LogP contribution in [0.3, 0.4) is 0 Å². The third-order valence-corrected chi connectivity index (χ3v) is 4.61. The minimum absolute atomic E-state index is 0.299. The van der Waals surface area contributed by atoms with Crippen LogP contribution in [0.15, 0.2) is 59.1 Å². The topological polar surface area (TPSA) is 68.0 Å². The van der Waals surface area contributed by atoms with Crippen LogP contribution in [0, 0.1) is 6.92 Å². The van der Waals surface area contributed by atoms with Crippen molar-refractivity contribution < 1.29 is 9.21 Å². The Kier molecular flexibility index (Phi) is 4.56. The summed E-state index contributed by atoms with van der Waals surface area (Å²) in [5.41, 5.74) is 3.87. The van der Waals surface area contributed by atoms with Gasteiger partial charge in [0, 0.05) is 22.5 Å². The number of halogens is 2. The quantitative estimate of drug-likeness (QED) is 0.477. The second-order valence-electron chi connectivity index (χ2n) is 5.95. The fourth-order valence-corrected chi connectivity index (χ4v) is 3.19. The van der Waals surface area contributed by atoms with Crippen LogP contribution in [0.25, 0.3) is 22.7 Å². The largest absolute Gasteiger partial charge is 0.434 e. The highest BCUT2D eigenvalue weighted by molar-refractivity contribution is 6.37. The summed E-state index contributed by atoms with van der Waals surface area (Å²) in [5.74, 6) is 0.170. The highest BCUT2D eigenvalue weighted by atomic mass is 35.5. The molecule has 0 spiro atoms.